The van der Waals surface area contributed by atoms with Gasteiger partial charge >= 0.3 is 0 Å². The van der Waals surface area contributed by atoms with Gasteiger partial charge in [-0.05, 0) is 25.5 Å². The van der Waals surface area contributed by atoms with Gasteiger partial charge in [-0.2, -0.15) is 0 Å². The molecule has 0 aliphatic carbocycles. The van der Waals surface area contributed by atoms with Gasteiger partial charge in [-0.3, -0.25) is 0 Å². The molecule has 0 saturated carbocycles. The van der Waals surface area contributed by atoms with Gasteiger partial charge < -0.3 is 4.74 Å². The molecule has 0 fully saturated rings. The number of rotatable bonds is 2. The maximum absolute atomic E-state index is 13.7. The van der Waals surface area contributed by atoms with Crippen LogP contribution in [0.25, 0.3) is 0 Å². The zero-order chi connectivity index (χ0) is 12.4. The molecule has 0 radical (unpaired) electrons. The Morgan fingerprint density at radius 1 is 1.24 bits per heavy atom. The van der Waals surface area contributed by atoms with Crippen molar-refractivity contribution >= 4 is 11.6 Å². The molecule has 1 aromatic carbocycles. The highest BCUT2D eigenvalue weighted by molar-refractivity contribution is 6.30. The summed E-state index contributed by atoms with van der Waals surface area (Å²) >= 11 is 5.83. The van der Waals surface area contributed by atoms with Crippen LogP contribution < -0.4 is 4.74 Å². The molecule has 0 saturated heterocycles. The quantitative estimate of drug-likeness (QED) is 0.765. The Labute approximate surface area is 103 Å². The Bertz CT molecular complexity index is 511. The van der Waals surface area contributed by atoms with Crippen LogP contribution in [-0.4, -0.2) is 9.97 Å². The number of hydrogen-bond acceptors (Lipinski definition) is 3. The maximum atomic E-state index is 13.7. The first-order valence-electron chi connectivity index (χ1n) is 4.99. The van der Waals surface area contributed by atoms with Crippen molar-refractivity contribution in [3.63, 3.8) is 0 Å². The lowest BCUT2D eigenvalue weighted by Crippen LogP contribution is -1.96. The predicted molar refractivity (Wildman–Crippen MR) is 63.0 cm³/mol. The number of nitrogens with zero attached hydrogens (tertiary/aromatic N) is 2. The first-order chi connectivity index (χ1) is 8.09. The van der Waals surface area contributed by atoms with Gasteiger partial charge in [0.05, 0.1) is 0 Å². The van der Waals surface area contributed by atoms with E-state index in [0.29, 0.717) is 16.3 Å². The van der Waals surface area contributed by atoms with Crippen LogP contribution in [-0.2, 0) is 0 Å². The van der Waals surface area contributed by atoms with Crippen LogP contribution in [0.15, 0.2) is 24.5 Å². The minimum atomic E-state index is -0.401. The lowest BCUT2D eigenvalue weighted by Gasteiger charge is -2.09. The standard InChI is InChI=1S/C12H10ClFN2O/c1-7-4-3-5-9(10(7)14)17-12-8(2)11(13)15-6-16-12/h3-6H,1-2H3. The van der Waals surface area contributed by atoms with Crippen molar-refractivity contribution in [3.05, 3.63) is 46.6 Å². The fraction of sp³-hybridized carbons (Fsp3) is 0.167. The Balaban J connectivity index is 2.38. The maximum Gasteiger partial charge on any atom is 0.226 e. The van der Waals surface area contributed by atoms with Crippen LogP contribution in [0.1, 0.15) is 11.1 Å². The van der Waals surface area contributed by atoms with Crippen LogP contribution in [0.2, 0.25) is 5.15 Å². The molecule has 3 nitrogen and oxygen atoms in total. The van der Waals surface area contributed by atoms with Gasteiger partial charge in [-0.15, -0.1) is 0 Å². The fourth-order valence-electron chi connectivity index (χ4n) is 1.32. The van der Waals surface area contributed by atoms with E-state index < -0.39 is 5.82 Å². The number of halogens is 2. The number of benzene rings is 1. The topological polar surface area (TPSA) is 35.0 Å². The van der Waals surface area contributed by atoms with Gasteiger partial charge in [0.25, 0.3) is 0 Å². The average molecular weight is 253 g/mol. The van der Waals surface area contributed by atoms with E-state index in [1.165, 1.54) is 12.4 Å². The van der Waals surface area contributed by atoms with Crippen molar-refractivity contribution in [1.82, 2.24) is 9.97 Å². The molecule has 0 amide bonds. The highest BCUT2D eigenvalue weighted by Crippen LogP contribution is 2.28. The molecule has 2 rings (SSSR count). The minimum absolute atomic E-state index is 0.128. The summed E-state index contributed by atoms with van der Waals surface area (Å²) in [5.41, 5.74) is 1.09. The molecular formula is C12H10ClFN2O. The number of hydrogen-bond donors (Lipinski definition) is 0. The van der Waals surface area contributed by atoms with Crippen molar-refractivity contribution in [2.75, 3.05) is 0 Å². The van der Waals surface area contributed by atoms with Crippen LogP contribution >= 0.6 is 11.6 Å². The zero-order valence-corrected chi connectivity index (χ0v) is 10.1. The smallest absolute Gasteiger partial charge is 0.226 e. The normalized spacial score (nSPS) is 10.4. The van der Waals surface area contributed by atoms with Gasteiger partial charge in [-0.25, -0.2) is 14.4 Å². The Hall–Kier alpha value is -1.68. The van der Waals surface area contributed by atoms with Crippen LogP contribution in [0.3, 0.4) is 0 Å². The molecule has 88 valence electrons. The van der Waals surface area contributed by atoms with E-state index in [4.69, 9.17) is 16.3 Å². The number of aromatic nitrogens is 2. The summed E-state index contributed by atoms with van der Waals surface area (Å²) < 4.78 is 19.1. The van der Waals surface area contributed by atoms with Gasteiger partial charge in [-0.1, -0.05) is 23.7 Å². The summed E-state index contributed by atoms with van der Waals surface area (Å²) in [5, 5.41) is 0.295. The third-order valence-corrected chi connectivity index (χ3v) is 2.72. The lowest BCUT2D eigenvalue weighted by atomic mass is 10.2. The first kappa shape index (κ1) is 11.8. The Morgan fingerprint density at radius 3 is 2.76 bits per heavy atom. The second kappa shape index (κ2) is 4.67. The molecule has 0 aliphatic rings. The summed E-state index contributed by atoms with van der Waals surface area (Å²) in [6.45, 7) is 3.38. The Morgan fingerprint density at radius 2 is 2.00 bits per heavy atom. The number of ether oxygens (including phenoxy) is 1. The third kappa shape index (κ3) is 2.36. The molecule has 2 aromatic rings. The van der Waals surface area contributed by atoms with Gasteiger partial charge in [0.15, 0.2) is 11.6 Å². The van der Waals surface area contributed by atoms with E-state index in [1.807, 2.05) is 0 Å². The molecule has 17 heavy (non-hydrogen) atoms. The SMILES string of the molecule is Cc1cccc(Oc2ncnc(Cl)c2C)c1F. The summed E-state index contributed by atoms with van der Waals surface area (Å²) in [7, 11) is 0. The van der Waals surface area contributed by atoms with E-state index in [2.05, 4.69) is 9.97 Å². The largest absolute Gasteiger partial charge is 0.435 e. The molecule has 0 atom stereocenters. The Kier molecular flexibility index (Phi) is 3.24. The highest BCUT2D eigenvalue weighted by Gasteiger charge is 2.11. The van der Waals surface area contributed by atoms with Crippen LogP contribution in [0.5, 0.6) is 11.6 Å². The van der Waals surface area contributed by atoms with Crippen molar-refractivity contribution in [2.45, 2.75) is 13.8 Å². The molecule has 0 N–H and O–H groups in total. The van der Waals surface area contributed by atoms with E-state index in [1.54, 1.807) is 26.0 Å². The van der Waals surface area contributed by atoms with Gasteiger partial charge in [0, 0.05) is 5.56 Å². The second-order valence-electron chi connectivity index (χ2n) is 3.58. The van der Waals surface area contributed by atoms with E-state index >= 15 is 0 Å². The zero-order valence-electron chi connectivity index (χ0n) is 9.37. The van der Waals surface area contributed by atoms with E-state index in [0.717, 1.165) is 0 Å². The monoisotopic (exact) mass is 252 g/mol. The summed E-state index contributed by atoms with van der Waals surface area (Å²) in [6.07, 6.45) is 1.28. The molecule has 0 spiro atoms. The first-order valence-corrected chi connectivity index (χ1v) is 5.37. The van der Waals surface area contributed by atoms with E-state index in [-0.39, 0.29) is 11.6 Å². The van der Waals surface area contributed by atoms with E-state index in [9.17, 15) is 4.39 Å². The molecule has 1 heterocycles. The summed E-state index contributed by atoms with van der Waals surface area (Å²) in [6, 6.07) is 4.92. The highest BCUT2D eigenvalue weighted by atomic mass is 35.5. The van der Waals surface area contributed by atoms with Gasteiger partial charge in [0.2, 0.25) is 5.88 Å². The molecule has 0 bridgehead atoms. The summed E-state index contributed by atoms with van der Waals surface area (Å²) in [5.74, 6) is -0.0148. The molecule has 0 aliphatic heterocycles. The fourth-order valence-corrected chi connectivity index (χ4v) is 1.44. The lowest BCUT2D eigenvalue weighted by molar-refractivity contribution is 0.421. The summed E-state index contributed by atoms with van der Waals surface area (Å²) in [4.78, 5) is 7.72. The van der Waals surface area contributed by atoms with Crippen molar-refractivity contribution < 1.29 is 9.13 Å². The third-order valence-electron chi connectivity index (χ3n) is 2.34. The molecule has 1 aromatic heterocycles. The average Bonchev–Trinajstić information content (AvgIpc) is 2.31. The van der Waals surface area contributed by atoms with Crippen molar-refractivity contribution in [3.8, 4) is 11.6 Å². The molecule has 5 heteroatoms. The van der Waals surface area contributed by atoms with Crippen molar-refractivity contribution in [1.29, 1.82) is 0 Å². The van der Waals surface area contributed by atoms with Crippen molar-refractivity contribution in [2.24, 2.45) is 0 Å². The predicted octanol–water partition coefficient (Wildman–Crippen LogP) is 3.68. The molecule has 0 unspecified atom stereocenters. The number of aryl methyl sites for hydroxylation is 1. The molecular weight excluding hydrogens is 243 g/mol. The minimum Gasteiger partial charge on any atom is -0.435 e. The van der Waals surface area contributed by atoms with Crippen LogP contribution in [0.4, 0.5) is 4.39 Å². The van der Waals surface area contributed by atoms with Crippen LogP contribution in [0, 0.1) is 19.7 Å². The second-order valence-corrected chi connectivity index (χ2v) is 3.94. The van der Waals surface area contributed by atoms with Gasteiger partial charge in [0.1, 0.15) is 11.5 Å².